The van der Waals surface area contributed by atoms with Crippen LogP contribution in [0.15, 0.2) is 67.8 Å². The lowest BCUT2D eigenvalue weighted by molar-refractivity contribution is 0.0993. The van der Waals surface area contributed by atoms with Crippen LogP contribution >= 0.6 is 0 Å². The lowest BCUT2D eigenvalue weighted by Crippen LogP contribution is -2.37. The molecule has 4 aromatic carbocycles. The molecule has 1 saturated heterocycles. The van der Waals surface area contributed by atoms with E-state index in [1.807, 2.05) is 59.0 Å². The van der Waals surface area contributed by atoms with Crippen molar-refractivity contribution in [3.05, 3.63) is 78.9 Å². The molecule has 6 N–H and O–H groups in total. The van der Waals surface area contributed by atoms with Crippen LogP contribution in [0.3, 0.4) is 0 Å². The van der Waals surface area contributed by atoms with Crippen molar-refractivity contribution in [1.82, 2.24) is 48.8 Å². The van der Waals surface area contributed by atoms with Gasteiger partial charge in [-0.3, -0.25) is 9.59 Å². The topological polar surface area (TPSA) is 201 Å². The first-order chi connectivity index (χ1) is 33.0. The van der Waals surface area contributed by atoms with Crippen LogP contribution in [0.5, 0.6) is 5.75 Å². The fourth-order valence-electron chi connectivity index (χ4n) is 10.5. The first-order valence-electron chi connectivity index (χ1n) is 24.0. The number of carbonyl (C=O) groups is 2. The van der Waals surface area contributed by atoms with Gasteiger partial charge in [-0.25, -0.2) is 19.9 Å². The van der Waals surface area contributed by atoms with E-state index in [1.165, 1.54) is 56.9 Å². The van der Waals surface area contributed by atoms with Crippen LogP contribution in [0.4, 0.5) is 11.4 Å². The first kappa shape index (κ1) is 44.8. The fourth-order valence-corrected chi connectivity index (χ4v) is 10.5. The number of rotatable bonds is 13. The maximum atomic E-state index is 12.6. The molecule has 0 spiro atoms. The quantitative estimate of drug-likeness (QED) is 0.0914. The Morgan fingerprint density at radius 2 is 1.31 bits per heavy atom. The van der Waals surface area contributed by atoms with Gasteiger partial charge in [0.2, 0.25) is 0 Å². The molecule has 11 rings (SSSR count). The number of H-pyrrole nitrogens is 2. The van der Waals surface area contributed by atoms with Crippen molar-refractivity contribution in [3.8, 4) is 28.0 Å². The van der Waals surface area contributed by atoms with Gasteiger partial charge in [-0.1, -0.05) is 31.7 Å². The van der Waals surface area contributed by atoms with Crippen LogP contribution < -0.4 is 26.0 Å². The van der Waals surface area contributed by atoms with Gasteiger partial charge < -0.3 is 54.9 Å². The fraction of sp³-hybridized carbons (Fsp3) is 0.412. The number of aromatic amines is 2. The summed E-state index contributed by atoms with van der Waals surface area (Å²) in [6, 6.07) is 15.2. The Morgan fingerprint density at radius 3 is 1.97 bits per heavy atom. The van der Waals surface area contributed by atoms with E-state index in [9.17, 15) is 9.59 Å². The molecule has 17 heteroatoms. The van der Waals surface area contributed by atoms with Crippen LogP contribution in [-0.2, 0) is 6.54 Å². The summed E-state index contributed by atoms with van der Waals surface area (Å²) >= 11 is 0. The van der Waals surface area contributed by atoms with E-state index < -0.39 is 11.8 Å². The van der Waals surface area contributed by atoms with E-state index in [4.69, 9.17) is 21.2 Å². The SMILES string of the molecule is CN(C)CCN(C)c1cc(-c2cc3c4c(c2)ncn4CCO3)c2nc[nH]c2c1C(N)=O.CN(CCN1CCCCC1)c1cc(-c2ccc3c(c2)ncn3C2CCCCC2)c2nc[nH]c2c1C(N)=O. The van der Waals surface area contributed by atoms with E-state index in [2.05, 4.69) is 77.9 Å². The third-order valence-corrected chi connectivity index (χ3v) is 14.2. The van der Waals surface area contributed by atoms with Gasteiger partial charge in [-0.05, 0) is 100 Å². The number of carbonyl (C=O) groups excluding carboxylic acids is 2. The zero-order valence-electron chi connectivity index (χ0n) is 39.6. The number of hydrogen-bond acceptors (Lipinski definition) is 11. The molecule has 1 aliphatic carbocycles. The lowest BCUT2D eigenvalue weighted by Gasteiger charge is -2.30. The third kappa shape index (κ3) is 8.60. The number of benzene rings is 4. The number of likely N-dealkylation sites (N-methyl/N-ethyl adjacent to an activating group) is 3. The summed E-state index contributed by atoms with van der Waals surface area (Å²) in [5, 5.41) is 0. The number of amides is 2. The molecule has 2 amide bonds. The number of piperidine rings is 1. The van der Waals surface area contributed by atoms with Crippen molar-refractivity contribution in [1.29, 1.82) is 0 Å². The zero-order valence-corrected chi connectivity index (χ0v) is 39.6. The standard InChI is InChI=1S/C29H37N7O.C22H25N7O2/c1-34(14-15-35-12-6-3-7-13-35)25-17-22(27-28(32-18-31-27)26(25)29(30)37)20-10-11-24-23(16-20)33-19-36(24)21-8-4-2-5-9-21;1-27(2)4-5-28(3)16-10-14(19-20(25-11-24-19)18(16)22(23)30)13-8-15-21-17(9-13)31-7-6-29(21)12-26-15/h10-11,16-19,21H,2-9,12-15H2,1H3,(H2,30,37)(H,31,32);8-12H,4-7H2,1-3H3,(H2,23,30)(H,24,25). The Morgan fingerprint density at radius 1 is 0.691 bits per heavy atom. The van der Waals surface area contributed by atoms with Crippen molar-refractivity contribution < 1.29 is 14.3 Å². The maximum absolute atomic E-state index is 12.6. The summed E-state index contributed by atoms with van der Waals surface area (Å²) < 4.78 is 10.4. The largest absolute Gasteiger partial charge is 0.489 e. The molecule has 68 heavy (non-hydrogen) atoms. The number of ether oxygens (including phenoxy) is 1. The van der Waals surface area contributed by atoms with Gasteiger partial charge in [0.1, 0.15) is 17.9 Å². The van der Waals surface area contributed by atoms with E-state index in [1.54, 1.807) is 12.7 Å². The maximum Gasteiger partial charge on any atom is 0.253 e. The van der Waals surface area contributed by atoms with Crippen molar-refractivity contribution in [2.45, 2.75) is 64.0 Å². The van der Waals surface area contributed by atoms with Crippen LogP contribution in [0.1, 0.15) is 78.1 Å². The number of nitrogens with one attached hydrogen (secondary N) is 2. The van der Waals surface area contributed by atoms with Gasteiger partial charge in [0, 0.05) is 57.4 Å². The molecule has 0 radical (unpaired) electrons. The molecule has 1 saturated carbocycles. The molecular formula is C51H62N14O3. The summed E-state index contributed by atoms with van der Waals surface area (Å²) in [5.41, 5.74) is 24.9. The van der Waals surface area contributed by atoms with Crippen LogP contribution in [0.2, 0.25) is 0 Å². The highest BCUT2D eigenvalue weighted by atomic mass is 16.5. The van der Waals surface area contributed by atoms with Gasteiger partial charge in [0.25, 0.3) is 11.8 Å². The average Bonchev–Trinajstić information content (AvgIpc) is 4.20. The average molecular weight is 919 g/mol. The number of nitrogens with two attached hydrogens (primary N) is 2. The highest BCUT2D eigenvalue weighted by Crippen LogP contribution is 2.41. The molecule has 6 heterocycles. The van der Waals surface area contributed by atoms with Crippen molar-refractivity contribution >= 4 is 67.3 Å². The summed E-state index contributed by atoms with van der Waals surface area (Å²) in [4.78, 5) is 58.6. The van der Waals surface area contributed by atoms with Crippen molar-refractivity contribution in [2.75, 3.05) is 83.9 Å². The monoisotopic (exact) mass is 919 g/mol. The smallest absolute Gasteiger partial charge is 0.253 e. The van der Waals surface area contributed by atoms with Crippen LogP contribution in [0.25, 0.3) is 66.4 Å². The molecule has 4 aromatic heterocycles. The number of fused-ring (bicyclic) bond motifs is 3. The van der Waals surface area contributed by atoms with Gasteiger partial charge in [-0.15, -0.1) is 0 Å². The molecule has 2 aliphatic heterocycles. The van der Waals surface area contributed by atoms with Gasteiger partial charge in [-0.2, -0.15) is 0 Å². The van der Waals surface area contributed by atoms with Crippen LogP contribution in [0, 0.1) is 0 Å². The number of aromatic nitrogens is 8. The van der Waals surface area contributed by atoms with Gasteiger partial charge >= 0.3 is 0 Å². The molecule has 3 aliphatic rings. The van der Waals surface area contributed by atoms with E-state index in [-0.39, 0.29) is 0 Å². The minimum atomic E-state index is -0.486. The lowest BCUT2D eigenvalue weighted by atomic mass is 9.95. The Bertz CT molecular complexity index is 3130. The number of anilines is 2. The van der Waals surface area contributed by atoms with Crippen molar-refractivity contribution in [3.63, 3.8) is 0 Å². The minimum Gasteiger partial charge on any atom is -0.489 e. The van der Waals surface area contributed by atoms with E-state index in [0.29, 0.717) is 40.3 Å². The predicted octanol–water partition coefficient (Wildman–Crippen LogP) is 7.17. The molecule has 8 aromatic rings. The molecule has 0 unspecified atom stereocenters. The molecule has 17 nitrogen and oxygen atoms in total. The normalized spacial score (nSPS) is 15.5. The second kappa shape index (κ2) is 19.0. The minimum absolute atomic E-state index is 0.442. The third-order valence-electron chi connectivity index (χ3n) is 14.2. The highest BCUT2D eigenvalue weighted by molar-refractivity contribution is 6.14. The van der Waals surface area contributed by atoms with Gasteiger partial charge in [0.05, 0.1) is 93.0 Å². The molecule has 2 fully saturated rings. The Balaban J connectivity index is 0.000000161. The second-order valence-corrected chi connectivity index (χ2v) is 18.9. The highest BCUT2D eigenvalue weighted by Gasteiger charge is 2.26. The summed E-state index contributed by atoms with van der Waals surface area (Å²) in [6.07, 6.45) is 17.3. The van der Waals surface area contributed by atoms with E-state index in [0.717, 1.165) is 107 Å². The Labute approximate surface area is 395 Å². The Hall–Kier alpha value is -6.98. The summed E-state index contributed by atoms with van der Waals surface area (Å²) in [5.74, 6) is -0.121. The molecular weight excluding hydrogens is 857 g/mol. The number of likely N-dealkylation sites (tertiary alicyclic amines) is 1. The predicted molar refractivity (Wildman–Crippen MR) is 270 cm³/mol. The Kier molecular flexibility index (Phi) is 12.5. The number of nitrogens with zero attached hydrogens (tertiary/aromatic N) is 10. The molecule has 0 atom stereocenters. The molecule has 354 valence electrons. The zero-order chi connectivity index (χ0) is 47.1. The van der Waals surface area contributed by atoms with Crippen LogP contribution in [-0.4, -0.2) is 135 Å². The number of primary amides is 2. The second-order valence-electron chi connectivity index (χ2n) is 18.9. The summed E-state index contributed by atoms with van der Waals surface area (Å²) in [7, 11) is 8.06. The summed E-state index contributed by atoms with van der Waals surface area (Å²) in [6.45, 7) is 7.07. The van der Waals surface area contributed by atoms with Crippen molar-refractivity contribution in [2.24, 2.45) is 11.5 Å². The first-order valence-corrected chi connectivity index (χ1v) is 24.0. The number of imidazole rings is 4. The molecule has 0 bridgehead atoms. The van der Waals surface area contributed by atoms with E-state index >= 15 is 0 Å². The van der Waals surface area contributed by atoms with Gasteiger partial charge in [0.15, 0.2) is 0 Å². The number of hydrogen-bond donors (Lipinski definition) is 4.